The zero-order valence-electron chi connectivity index (χ0n) is 18.2. The molecule has 4 rings (SSSR count). The van der Waals surface area contributed by atoms with Crippen LogP contribution in [0.15, 0.2) is 42.5 Å². The van der Waals surface area contributed by atoms with Crippen molar-refractivity contribution in [3.8, 4) is 0 Å². The summed E-state index contributed by atoms with van der Waals surface area (Å²) in [5.74, 6) is 0.0893. The lowest BCUT2D eigenvalue weighted by Crippen LogP contribution is -2.42. The normalized spacial score (nSPS) is 15.9. The number of carbonyl (C=O) groups is 3. The molecule has 7 nitrogen and oxygen atoms in total. The largest absolute Gasteiger partial charge is 0.348 e. The van der Waals surface area contributed by atoms with Crippen LogP contribution in [-0.2, 0) is 22.7 Å². The maximum Gasteiger partial charge on any atom is 0.251 e. The first-order valence-electron chi connectivity index (χ1n) is 11.3. The summed E-state index contributed by atoms with van der Waals surface area (Å²) < 4.78 is 0. The molecule has 0 spiro atoms. The molecule has 0 aromatic heterocycles. The number of amides is 3. The fourth-order valence-corrected chi connectivity index (χ4v) is 4.57. The van der Waals surface area contributed by atoms with Crippen molar-refractivity contribution in [1.82, 2.24) is 5.32 Å². The van der Waals surface area contributed by atoms with Gasteiger partial charge in [-0.2, -0.15) is 0 Å². The van der Waals surface area contributed by atoms with Crippen molar-refractivity contribution in [2.75, 3.05) is 16.8 Å². The number of nitrogens with zero attached hydrogens (tertiary/aromatic N) is 1. The predicted octanol–water partition coefficient (Wildman–Crippen LogP) is 3.33. The molecule has 1 aliphatic carbocycles. The lowest BCUT2D eigenvalue weighted by Gasteiger charge is -2.30. The Morgan fingerprint density at radius 1 is 1.09 bits per heavy atom. The van der Waals surface area contributed by atoms with Crippen molar-refractivity contribution in [2.45, 2.75) is 51.6 Å². The Morgan fingerprint density at radius 3 is 2.66 bits per heavy atom. The summed E-state index contributed by atoms with van der Waals surface area (Å²) in [6.07, 6.45) is 6.20. The van der Waals surface area contributed by atoms with Crippen LogP contribution < -0.4 is 21.3 Å². The van der Waals surface area contributed by atoms with Gasteiger partial charge in [0, 0.05) is 25.1 Å². The Bertz CT molecular complexity index is 1010. The summed E-state index contributed by atoms with van der Waals surface area (Å²) >= 11 is 0. The highest BCUT2D eigenvalue weighted by molar-refractivity contribution is 6.11. The van der Waals surface area contributed by atoms with Crippen molar-refractivity contribution < 1.29 is 14.4 Å². The molecule has 0 bridgehead atoms. The second kappa shape index (κ2) is 9.96. The second-order valence-electron chi connectivity index (χ2n) is 8.66. The molecular weight excluding hydrogens is 404 g/mol. The average molecular weight is 435 g/mol. The highest BCUT2D eigenvalue weighted by Crippen LogP contribution is 2.33. The van der Waals surface area contributed by atoms with Crippen molar-refractivity contribution in [2.24, 2.45) is 11.7 Å². The van der Waals surface area contributed by atoms with E-state index in [1.165, 1.54) is 25.7 Å². The van der Waals surface area contributed by atoms with Gasteiger partial charge in [0.2, 0.25) is 11.8 Å². The number of carbonyl (C=O) groups excluding carboxylic acids is 3. The monoisotopic (exact) mass is 434 g/mol. The van der Waals surface area contributed by atoms with Crippen LogP contribution in [0.2, 0.25) is 0 Å². The standard InChI is InChI=1S/C25H30N4O3/c26-14-18-6-3-7-19(12-18)15-27-25(32)20-9-10-22-21(13-20)28-23(30)16-29(22)24(31)11-8-17-4-1-2-5-17/h3,6-7,9-10,12-13,17H,1-2,4-5,8,11,14-16,26H2,(H,27,32)(H,28,30). The van der Waals surface area contributed by atoms with Gasteiger partial charge >= 0.3 is 0 Å². The molecule has 32 heavy (non-hydrogen) atoms. The molecule has 168 valence electrons. The molecule has 4 N–H and O–H groups in total. The van der Waals surface area contributed by atoms with Crippen LogP contribution in [0.4, 0.5) is 11.4 Å². The smallest absolute Gasteiger partial charge is 0.251 e. The minimum atomic E-state index is -0.247. The zero-order chi connectivity index (χ0) is 22.5. The second-order valence-corrected chi connectivity index (χ2v) is 8.66. The number of fused-ring (bicyclic) bond motifs is 1. The van der Waals surface area contributed by atoms with E-state index in [1.807, 2.05) is 24.3 Å². The molecule has 1 aliphatic heterocycles. The van der Waals surface area contributed by atoms with Gasteiger partial charge in [-0.1, -0.05) is 49.9 Å². The number of rotatable bonds is 7. The van der Waals surface area contributed by atoms with Gasteiger partial charge in [-0.25, -0.2) is 0 Å². The van der Waals surface area contributed by atoms with Crippen molar-refractivity contribution in [1.29, 1.82) is 0 Å². The van der Waals surface area contributed by atoms with E-state index in [0.717, 1.165) is 17.5 Å². The van der Waals surface area contributed by atoms with Crippen molar-refractivity contribution >= 4 is 29.1 Å². The van der Waals surface area contributed by atoms with E-state index in [4.69, 9.17) is 5.73 Å². The van der Waals surface area contributed by atoms with E-state index in [9.17, 15) is 14.4 Å². The molecule has 2 aromatic rings. The number of anilines is 2. The zero-order valence-corrected chi connectivity index (χ0v) is 18.2. The van der Waals surface area contributed by atoms with Gasteiger partial charge < -0.3 is 21.3 Å². The van der Waals surface area contributed by atoms with Gasteiger partial charge in [-0.05, 0) is 41.7 Å². The van der Waals surface area contributed by atoms with Crippen LogP contribution in [0.1, 0.15) is 60.0 Å². The molecule has 2 aromatic carbocycles. The molecule has 0 saturated heterocycles. The first kappa shape index (κ1) is 22.0. The van der Waals surface area contributed by atoms with Crippen LogP contribution in [0, 0.1) is 5.92 Å². The molecule has 1 saturated carbocycles. The maximum atomic E-state index is 12.9. The fourth-order valence-electron chi connectivity index (χ4n) is 4.57. The topological polar surface area (TPSA) is 105 Å². The minimum Gasteiger partial charge on any atom is -0.348 e. The van der Waals surface area contributed by atoms with Gasteiger partial charge in [-0.15, -0.1) is 0 Å². The van der Waals surface area contributed by atoms with Gasteiger partial charge in [0.05, 0.1) is 11.4 Å². The molecule has 3 amide bonds. The van der Waals surface area contributed by atoms with Crippen LogP contribution in [-0.4, -0.2) is 24.3 Å². The lowest BCUT2D eigenvalue weighted by atomic mass is 10.0. The molecule has 0 unspecified atom stereocenters. The first-order valence-corrected chi connectivity index (χ1v) is 11.3. The minimum absolute atomic E-state index is 0.0134. The molecule has 0 atom stereocenters. The van der Waals surface area contributed by atoms with Gasteiger partial charge in [0.1, 0.15) is 6.54 Å². The first-order chi connectivity index (χ1) is 15.5. The van der Waals surface area contributed by atoms with E-state index in [0.29, 0.717) is 42.4 Å². The quantitative estimate of drug-likeness (QED) is 0.622. The molecule has 2 aliphatic rings. The summed E-state index contributed by atoms with van der Waals surface area (Å²) in [5, 5.41) is 5.70. The fraction of sp³-hybridized carbons (Fsp3) is 0.400. The number of nitrogens with one attached hydrogen (secondary N) is 2. The number of nitrogens with two attached hydrogens (primary N) is 1. The summed E-state index contributed by atoms with van der Waals surface area (Å²) in [4.78, 5) is 39.3. The van der Waals surface area contributed by atoms with E-state index in [1.54, 1.807) is 23.1 Å². The average Bonchev–Trinajstić information content (AvgIpc) is 3.34. The Labute approximate surface area is 188 Å². The SMILES string of the molecule is NCc1cccc(CNC(=O)c2ccc3c(c2)NC(=O)CN3C(=O)CCC2CCCC2)c1. The van der Waals surface area contributed by atoms with E-state index in [2.05, 4.69) is 10.6 Å². The molecule has 1 heterocycles. The highest BCUT2D eigenvalue weighted by atomic mass is 16.2. The Balaban J connectivity index is 1.42. The van der Waals surface area contributed by atoms with Crippen LogP contribution >= 0.6 is 0 Å². The van der Waals surface area contributed by atoms with Crippen LogP contribution in [0.3, 0.4) is 0 Å². The Morgan fingerprint density at radius 2 is 1.88 bits per heavy atom. The van der Waals surface area contributed by atoms with Crippen molar-refractivity contribution in [3.05, 3.63) is 59.2 Å². The molecular formula is C25H30N4O3. The maximum absolute atomic E-state index is 12.9. The number of hydrogen-bond acceptors (Lipinski definition) is 4. The third-order valence-electron chi connectivity index (χ3n) is 6.35. The van der Waals surface area contributed by atoms with Crippen LogP contribution in [0.25, 0.3) is 0 Å². The summed E-state index contributed by atoms with van der Waals surface area (Å²) in [5.41, 5.74) is 9.21. The van der Waals surface area contributed by atoms with E-state index < -0.39 is 0 Å². The summed E-state index contributed by atoms with van der Waals surface area (Å²) in [6.45, 7) is 0.837. The lowest BCUT2D eigenvalue weighted by molar-refractivity contribution is -0.122. The summed E-state index contributed by atoms with van der Waals surface area (Å²) in [6, 6.07) is 12.8. The molecule has 7 heteroatoms. The van der Waals surface area contributed by atoms with E-state index in [-0.39, 0.29) is 24.3 Å². The molecule has 0 radical (unpaired) electrons. The van der Waals surface area contributed by atoms with Gasteiger partial charge in [-0.3, -0.25) is 14.4 Å². The highest BCUT2D eigenvalue weighted by Gasteiger charge is 2.28. The van der Waals surface area contributed by atoms with Crippen LogP contribution in [0.5, 0.6) is 0 Å². The number of hydrogen-bond donors (Lipinski definition) is 3. The van der Waals surface area contributed by atoms with E-state index >= 15 is 0 Å². The Kier molecular flexibility index (Phi) is 6.85. The molecule has 1 fully saturated rings. The van der Waals surface area contributed by atoms with Gasteiger partial charge in [0.25, 0.3) is 5.91 Å². The predicted molar refractivity (Wildman–Crippen MR) is 124 cm³/mol. The third-order valence-corrected chi connectivity index (χ3v) is 6.35. The Hall–Kier alpha value is -3.19. The third kappa shape index (κ3) is 5.16. The van der Waals surface area contributed by atoms with Crippen molar-refractivity contribution in [3.63, 3.8) is 0 Å². The number of benzene rings is 2. The van der Waals surface area contributed by atoms with Gasteiger partial charge in [0.15, 0.2) is 0 Å². The summed E-state index contributed by atoms with van der Waals surface area (Å²) in [7, 11) is 0.